The molecule has 1 aromatic heterocycles. The second kappa shape index (κ2) is 13.1. The summed E-state index contributed by atoms with van der Waals surface area (Å²) in [5, 5.41) is 4.53. The summed E-state index contributed by atoms with van der Waals surface area (Å²) in [6.45, 7) is 4.87. The van der Waals surface area contributed by atoms with Crippen molar-refractivity contribution < 1.29 is 22.1 Å². The maximum atomic E-state index is 12.7. The van der Waals surface area contributed by atoms with Gasteiger partial charge in [0.15, 0.2) is 0 Å². The average Bonchev–Trinajstić information content (AvgIpc) is 3.10. The number of nitrogens with zero attached hydrogens (tertiary/aromatic N) is 2. The van der Waals surface area contributed by atoms with Crippen LogP contribution in [-0.2, 0) is 27.3 Å². The van der Waals surface area contributed by atoms with E-state index in [0.29, 0.717) is 47.6 Å². The van der Waals surface area contributed by atoms with E-state index in [9.17, 15) is 13.2 Å². The van der Waals surface area contributed by atoms with E-state index in [0.717, 1.165) is 31.2 Å². The van der Waals surface area contributed by atoms with E-state index in [1.165, 1.54) is 0 Å². The van der Waals surface area contributed by atoms with E-state index >= 15 is 0 Å². The van der Waals surface area contributed by atoms with Crippen LogP contribution in [0.5, 0.6) is 5.88 Å². The molecule has 0 aliphatic rings. The Morgan fingerprint density at radius 2 is 1.88 bits per heavy atom. The van der Waals surface area contributed by atoms with Gasteiger partial charge in [-0.15, -0.1) is 5.10 Å². The number of amides is 1. The topological polar surface area (TPSA) is 114 Å². The molecule has 0 saturated carbocycles. The minimum Gasteiger partial charge on any atom is -0.477 e. The molecule has 1 atom stereocenters. The third kappa shape index (κ3) is 8.72. The van der Waals surface area contributed by atoms with Gasteiger partial charge in [-0.25, -0.2) is 4.79 Å². The molecule has 0 saturated heterocycles. The fraction of sp³-hybridized carbons (Fsp3) is 0.545. The summed E-state index contributed by atoms with van der Waals surface area (Å²) in [4.78, 5) is 11.2. The molecule has 1 heterocycles. The van der Waals surface area contributed by atoms with Crippen LogP contribution >= 0.6 is 23.2 Å². The van der Waals surface area contributed by atoms with Crippen LogP contribution in [0.2, 0.25) is 10.0 Å². The Morgan fingerprint density at radius 1 is 1.15 bits per heavy atom. The number of benzene rings is 1. The molecule has 33 heavy (non-hydrogen) atoms. The van der Waals surface area contributed by atoms with Crippen LogP contribution in [0.3, 0.4) is 0 Å². The zero-order valence-corrected chi connectivity index (χ0v) is 21.3. The van der Waals surface area contributed by atoms with Gasteiger partial charge in [-0.3, -0.25) is 4.68 Å². The van der Waals surface area contributed by atoms with Crippen LogP contribution in [0.15, 0.2) is 24.3 Å². The Kier molecular flexibility index (Phi) is 10.8. The molecule has 0 radical (unpaired) electrons. The van der Waals surface area contributed by atoms with Crippen LogP contribution in [0.1, 0.15) is 63.6 Å². The summed E-state index contributed by atoms with van der Waals surface area (Å²) in [5.74, 6) is 0.393. The number of ether oxygens (including phenoxy) is 1. The number of aromatic nitrogens is 2. The van der Waals surface area contributed by atoms with Crippen molar-refractivity contribution in [2.75, 3.05) is 6.61 Å². The molecule has 0 bridgehead atoms. The van der Waals surface area contributed by atoms with Crippen molar-refractivity contribution in [3.05, 3.63) is 45.6 Å². The standard InChI is InChI=1S/C22H31Cl2N3O5S/c1-3-5-7-8-19(33(29,30)32-22(25)28)13-18-14-21(31-11-6-4-2)26-27(18)15-16-9-10-17(23)12-20(16)24/h9-10,12,14,19H,3-8,11,13,15H2,1-2H3,(H2,25,28). The summed E-state index contributed by atoms with van der Waals surface area (Å²) >= 11 is 12.3. The predicted octanol–water partition coefficient (Wildman–Crippen LogP) is 5.33. The van der Waals surface area contributed by atoms with Gasteiger partial charge in [0.25, 0.3) is 0 Å². The van der Waals surface area contributed by atoms with Crippen LogP contribution in [0.25, 0.3) is 0 Å². The van der Waals surface area contributed by atoms with E-state index in [4.69, 9.17) is 33.7 Å². The molecule has 2 rings (SSSR count). The number of halogens is 2. The first-order valence-electron chi connectivity index (χ1n) is 11.0. The molecule has 2 N–H and O–H groups in total. The van der Waals surface area contributed by atoms with E-state index in [1.807, 2.05) is 6.92 Å². The molecule has 8 nitrogen and oxygen atoms in total. The second-order valence-corrected chi connectivity index (χ2v) is 10.4. The maximum absolute atomic E-state index is 12.7. The highest BCUT2D eigenvalue weighted by atomic mass is 35.5. The van der Waals surface area contributed by atoms with Crippen molar-refractivity contribution in [2.45, 2.75) is 70.6 Å². The van der Waals surface area contributed by atoms with Gasteiger partial charge in [-0.1, -0.05) is 68.8 Å². The summed E-state index contributed by atoms with van der Waals surface area (Å²) in [6.07, 6.45) is 3.33. The maximum Gasteiger partial charge on any atom is 0.420 e. The number of carbonyl (C=O) groups excluding carboxylic acids is 1. The lowest BCUT2D eigenvalue weighted by Crippen LogP contribution is -2.31. The quantitative estimate of drug-likeness (QED) is 0.266. The van der Waals surface area contributed by atoms with E-state index in [1.54, 1.807) is 28.9 Å². The Bertz CT molecular complexity index is 1030. The van der Waals surface area contributed by atoms with Gasteiger partial charge in [0.2, 0.25) is 5.88 Å². The van der Waals surface area contributed by atoms with Gasteiger partial charge in [0.05, 0.1) is 13.2 Å². The number of hydrogen-bond donors (Lipinski definition) is 1. The zero-order valence-electron chi connectivity index (χ0n) is 18.9. The number of unbranched alkanes of at least 4 members (excludes halogenated alkanes) is 3. The molecule has 11 heteroatoms. The fourth-order valence-electron chi connectivity index (χ4n) is 3.32. The lowest BCUT2D eigenvalue weighted by Gasteiger charge is -2.17. The van der Waals surface area contributed by atoms with Gasteiger partial charge in [0.1, 0.15) is 5.25 Å². The van der Waals surface area contributed by atoms with Crippen molar-refractivity contribution >= 4 is 39.4 Å². The summed E-state index contributed by atoms with van der Waals surface area (Å²) < 4.78 is 37.3. The van der Waals surface area contributed by atoms with E-state index in [-0.39, 0.29) is 6.42 Å². The van der Waals surface area contributed by atoms with Crippen molar-refractivity contribution in [1.29, 1.82) is 0 Å². The van der Waals surface area contributed by atoms with Gasteiger partial charge in [-0.05, 0) is 30.5 Å². The lowest BCUT2D eigenvalue weighted by molar-refractivity contribution is 0.211. The van der Waals surface area contributed by atoms with Crippen LogP contribution in [0.4, 0.5) is 4.79 Å². The normalized spacial score (nSPS) is 12.5. The molecule has 1 amide bonds. The Labute approximate surface area is 205 Å². The zero-order chi connectivity index (χ0) is 24.4. The highest BCUT2D eigenvalue weighted by molar-refractivity contribution is 7.87. The summed E-state index contributed by atoms with van der Waals surface area (Å²) in [6, 6.07) is 6.87. The number of rotatable bonds is 14. The van der Waals surface area contributed by atoms with Gasteiger partial charge < -0.3 is 14.7 Å². The average molecular weight is 520 g/mol. The van der Waals surface area contributed by atoms with Gasteiger partial charge >= 0.3 is 16.2 Å². The molecule has 2 aromatic rings. The minimum absolute atomic E-state index is 0.0780. The molecule has 0 aliphatic heterocycles. The van der Waals surface area contributed by atoms with Crippen LogP contribution in [-0.4, -0.2) is 36.1 Å². The molecule has 1 aromatic carbocycles. The Morgan fingerprint density at radius 3 is 2.52 bits per heavy atom. The molecular weight excluding hydrogens is 489 g/mol. The third-order valence-corrected chi connectivity index (χ3v) is 7.30. The Hall–Kier alpha value is -1.97. The summed E-state index contributed by atoms with van der Waals surface area (Å²) in [5.41, 5.74) is 6.38. The molecule has 184 valence electrons. The number of hydrogen-bond acceptors (Lipinski definition) is 6. The predicted molar refractivity (Wildman–Crippen MR) is 129 cm³/mol. The smallest absolute Gasteiger partial charge is 0.420 e. The number of carbonyl (C=O) groups is 1. The Balaban J connectivity index is 2.36. The minimum atomic E-state index is -4.22. The van der Waals surface area contributed by atoms with Gasteiger partial charge in [-0.2, -0.15) is 8.42 Å². The van der Waals surface area contributed by atoms with Crippen LogP contribution in [0, 0.1) is 0 Å². The van der Waals surface area contributed by atoms with Crippen LogP contribution < -0.4 is 10.5 Å². The highest BCUT2D eigenvalue weighted by Crippen LogP contribution is 2.25. The van der Waals surface area contributed by atoms with Crippen molar-refractivity contribution in [3.8, 4) is 5.88 Å². The van der Waals surface area contributed by atoms with Crippen molar-refractivity contribution in [2.24, 2.45) is 5.73 Å². The number of primary amides is 1. The van der Waals surface area contributed by atoms with Crippen molar-refractivity contribution in [1.82, 2.24) is 9.78 Å². The third-order valence-electron chi connectivity index (χ3n) is 5.10. The molecule has 1 unspecified atom stereocenters. The first-order chi connectivity index (χ1) is 15.7. The first kappa shape index (κ1) is 27.3. The van der Waals surface area contributed by atoms with Gasteiger partial charge in [0, 0.05) is 28.2 Å². The largest absolute Gasteiger partial charge is 0.477 e. The number of nitrogens with two attached hydrogens (primary N) is 1. The highest BCUT2D eigenvalue weighted by Gasteiger charge is 2.30. The van der Waals surface area contributed by atoms with E-state index < -0.39 is 21.5 Å². The molecule has 0 spiro atoms. The first-order valence-corrected chi connectivity index (χ1v) is 13.2. The monoisotopic (exact) mass is 519 g/mol. The molecular formula is C22H31Cl2N3O5S. The van der Waals surface area contributed by atoms with Crippen molar-refractivity contribution in [3.63, 3.8) is 0 Å². The van der Waals surface area contributed by atoms with E-state index in [2.05, 4.69) is 16.2 Å². The summed E-state index contributed by atoms with van der Waals surface area (Å²) in [7, 11) is -4.22. The fourth-order valence-corrected chi connectivity index (χ4v) is 4.98. The SMILES string of the molecule is CCCCCC(Cc1cc(OCCCC)nn1Cc1ccc(Cl)cc1Cl)S(=O)(=O)OC(N)=O. The molecule has 0 aliphatic carbocycles. The molecule has 0 fully saturated rings. The lowest BCUT2D eigenvalue weighted by atomic mass is 10.1. The second-order valence-electron chi connectivity index (χ2n) is 7.79.